The average Bonchev–Trinajstić information content (AvgIpc) is 2.61. The summed E-state index contributed by atoms with van der Waals surface area (Å²) in [6.07, 6.45) is -4.52. The van der Waals surface area contributed by atoms with Crippen molar-refractivity contribution in [3.8, 4) is 11.3 Å². The molecule has 0 atom stereocenters. The quantitative estimate of drug-likeness (QED) is 0.705. The first-order valence-electron chi connectivity index (χ1n) is 8.03. The normalized spacial score (nSPS) is 11.3. The molecule has 0 aliphatic carbocycles. The van der Waals surface area contributed by atoms with Crippen LogP contribution in [-0.4, -0.2) is 10.9 Å². The number of hydrogen-bond acceptors (Lipinski definition) is 2. The Morgan fingerprint density at radius 1 is 1.00 bits per heavy atom. The van der Waals surface area contributed by atoms with Crippen LogP contribution in [0.3, 0.4) is 0 Å². The molecule has 1 heterocycles. The lowest BCUT2D eigenvalue weighted by atomic mass is 10.1. The van der Waals surface area contributed by atoms with E-state index in [1.165, 1.54) is 18.2 Å². The van der Waals surface area contributed by atoms with Crippen molar-refractivity contribution in [2.75, 3.05) is 5.32 Å². The van der Waals surface area contributed by atoms with Crippen molar-refractivity contribution >= 4 is 11.6 Å². The Morgan fingerprint density at radius 3 is 2.41 bits per heavy atom. The number of carbonyl (C=O) groups is 1. The monoisotopic (exact) mass is 372 g/mol. The van der Waals surface area contributed by atoms with Gasteiger partial charge in [0.25, 0.3) is 11.5 Å². The van der Waals surface area contributed by atoms with Crippen LogP contribution in [0, 0.1) is 6.92 Å². The number of hydrogen-bond donors (Lipinski definition) is 2. The van der Waals surface area contributed by atoms with Gasteiger partial charge in [0.2, 0.25) is 0 Å². The van der Waals surface area contributed by atoms with Crippen molar-refractivity contribution in [3.63, 3.8) is 0 Å². The number of aryl methyl sites for hydroxylation is 1. The predicted molar refractivity (Wildman–Crippen MR) is 96.6 cm³/mol. The molecule has 2 aromatic carbocycles. The number of nitrogens with one attached hydrogen (secondary N) is 2. The van der Waals surface area contributed by atoms with Gasteiger partial charge >= 0.3 is 6.18 Å². The van der Waals surface area contributed by atoms with E-state index < -0.39 is 23.2 Å². The number of benzene rings is 2. The van der Waals surface area contributed by atoms with Crippen LogP contribution in [0.5, 0.6) is 0 Å². The summed E-state index contributed by atoms with van der Waals surface area (Å²) in [5, 5.41) is 2.32. The van der Waals surface area contributed by atoms with Crippen LogP contribution in [0.15, 0.2) is 65.5 Å². The molecule has 0 saturated carbocycles. The number of pyridine rings is 1. The fourth-order valence-electron chi connectivity index (χ4n) is 2.61. The maximum Gasteiger partial charge on any atom is 0.416 e. The number of alkyl halides is 3. The number of aromatic amines is 1. The van der Waals surface area contributed by atoms with Gasteiger partial charge in [-0.25, -0.2) is 0 Å². The molecule has 2 N–H and O–H groups in total. The predicted octanol–water partition coefficient (Wildman–Crippen LogP) is 4.62. The summed E-state index contributed by atoms with van der Waals surface area (Å²) in [5.41, 5.74) is 0.597. The minimum atomic E-state index is -4.52. The van der Waals surface area contributed by atoms with Crippen molar-refractivity contribution in [3.05, 3.63) is 87.7 Å². The molecule has 4 nitrogen and oxygen atoms in total. The molecule has 3 rings (SSSR count). The third kappa shape index (κ3) is 4.25. The van der Waals surface area contributed by atoms with Crippen molar-refractivity contribution in [1.29, 1.82) is 0 Å². The number of halogens is 3. The summed E-state index contributed by atoms with van der Waals surface area (Å²) in [5.74, 6) is -0.786. The lowest BCUT2D eigenvalue weighted by Gasteiger charge is -2.10. The maximum absolute atomic E-state index is 12.8. The molecule has 7 heteroatoms. The molecule has 0 spiro atoms. The summed E-state index contributed by atoms with van der Waals surface area (Å²) < 4.78 is 38.3. The first kappa shape index (κ1) is 18.4. The molecule has 138 valence electrons. The first-order valence-corrected chi connectivity index (χ1v) is 8.03. The van der Waals surface area contributed by atoms with Gasteiger partial charge in [0.1, 0.15) is 5.56 Å². The Kier molecular flexibility index (Phi) is 4.85. The number of anilines is 1. The van der Waals surface area contributed by atoms with E-state index in [4.69, 9.17) is 0 Å². The van der Waals surface area contributed by atoms with Crippen molar-refractivity contribution in [1.82, 2.24) is 4.98 Å². The molecule has 0 aliphatic rings. The van der Waals surface area contributed by atoms with E-state index >= 15 is 0 Å². The van der Waals surface area contributed by atoms with Crippen LogP contribution >= 0.6 is 0 Å². The topological polar surface area (TPSA) is 62.0 Å². The first-order chi connectivity index (χ1) is 12.7. The second-order valence-electron chi connectivity index (χ2n) is 6.02. The Labute approximate surface area is 152 Å². The van der Waals surface area contributed by atoms with Crippen LogP contribution in [0.4, 0.5) is 18.9 Å². The number of aromatic nitrogens is 1. The summed E-state index contributed by atoms with van der Waals surface area (Å²) in [4.78, 5) is 27.2. The second-order valence-corrected chi connectivity index (χ2v) is 6.02. The molecular formula is C20H15F3N2O2. The number of rotatable bonds is 3. The lowest BCUT2D eigenvalue weighted by molar-refractivity contribution is -0.137. The third-order valence-corrected chi connectivity index (χ3v) is 3.93. The minimum Gasteiger partial charge on any atom is -0.322 e. The van der Waals surface area contributed by atoms with E-state index in [0.29, 0.717) is 5.69 Å². The van der Waals surface area contributed by atoms with E-state index in [9.17, 15) is 22.8 Å². The molecule has 3 aromatic rings. The van der Waals surface area contributed by atoms with Crippen molar-refractivity contribution < 1.29 is 18.0 Å². The zero-order valence-electron chi connectivity index (χ0n) is 14.2. The summed E-state index contributed by atoms with van der Waals surface area (Å²) in [6.45, 7) is 1.92. The van der Waals surface area contributed by atoms with Gasteiger partial charge in [-0.05, 0) is 48.9 Å². The molecule has 0 unspecified atom stereocenters. The van der Waals surface area contributed by atoms with Crippen molar-refractivity contribution in [2.45, 2.75) is 13.1 Å². The molecule has 27 heavy (non-hydrogen) atoms. The standard InChI is InChI=1S/C20H15F3N2O2/c1-12-4-2-5-13(10-12)17-9-8-16(19(27)25-17)18(26)24-15-7-3-6-14(11-15)20(21,22)23/h2-11H,1H3,(H,24,26)(H,25,27). The summed E-state index contributed by atoms with van der Waals surface area (Å²) in [6, 6.07) is 14.6. The van der Waals surface area contributed by atoms with Gasteiger partial charge in [-0.15, -0.1) is 0 Å². The zero-order valence-corrected chi connectivity index (χ0v) is 14.2. The van der Waals surface area contributed by atoms with Crippen LogP contribution in [0.1, 0.15) is 21.5 Å². The SMILES string of the molecule is Cc1cccc(-c2ccc(C(=O)Nc3cccc(C(F)(F)F)c3)c(=O)[nH]2)c1. The Bertz CT molecular complexity index is 1060. The zero-order chi connectivity index (χ0) is 19.6. The van der Waals surface area contributed by atoms with Crippen LogP contribution in [0.2, 0.25) is 0 Å². The molecule has 0 aliphatic heterocycles. The minimum absolute atomic E-state index is 0.0445. The Balaban J connectivity index is 1.85. The van der Waals surface area contributed by atoms with Gasteiger partial charge in [0.05, 0.1) is 5.56 Å². The maximum atomic E-state index is 12.8. The van der Waals surface area contributed by atoms with E-state index in [0.717, 1.165) is 23.3 Å². The number of amides is 1. The van der Waals surface area contributed by atoms with Gasteiger partial charge in [0, 0.05) is 11.4 Å². The molecule has 0 radical (unpaired) electrons. The van der Waals surface area contributed by atoms with Gasteiger partial charge in [-0.1, -0.05) is 29.8 Å². The van der Waals surface area contributed by atoms with Crippen LogP contribution in [-0.2, 0) is 6.18 Å². The second kappa shape index (κ2) is 7.11. The largest absolute Gasteiger partial charge is 0.416 e. The van der Waals surface area contributed by atoms with Gasteiger partial charge < -0.3 is 10.3 Å². The van der Waals surface area contributed by atoms with Gasteiger partial charge in [-0.2, -0.15) is 13.2 Å². The highest BCUT2D eigenvalue weighted by Crippen LogP contribution is 2.30. The van der Waals surface area contributed by atoms with E-state index in [-0.39, 0.29) is 11.3 Å². The highest BCUT2D eigenvalue weighted by atomic mass is 19.4. The molecule has 1 aromatic heterocycles. The van der Waals surface area contributed by atoms with E-state index in [1.807, 2.05) is 31.2 Å². The van der Waals surface area contributed by atoms with Crippen LogP contribution in [0.25, 0.3) is 11.3 Å². The fourth-order valence-corrected chi connectivity index (χ4v) is 2.61. The number of carbonyl (C=O) groups excluding carboxylic acids is 1. The molecule has 1 amide bonds. The molecule has 0 saturated heterocycles. The van der Waals surface area contributed by atoms with Gasteiger partial charge in [-0.3, -0.25) is 9.59 Å². The van der Waals surface area contributed by atoms with Gasteiger partial charge in [0.15, 0.2) is 0 Å². The van der Waals surface area contributed by atoms with E-state index in [1.54, 1.807) is 6.07 Å². The smallest absolute Gasteiger partial charge is 0.322 e. The van der Waals surface area contributed by atoms with E-state index in [2.05, 4.69) is 10.3 Å². The highest BCUT2D eigenvalue weighted by Gasteiger charge is 2.30. The fraction of sp³-hybridized carbons (Fsp3) is 0.100. The third-order valence-electron chi connectivity index (χ3n) is 3.93. The molecular weight excluding hydrogens is 357 g/mol. The number of H-pyrrole nitrogens is 1. The summed E-state index contributed by atoms with van der Waals surface area (Å²) in [7, 11) is 0. The molecule has 0 fully saturated rings. The highest BCUT2D eigenvalue weighted by molar-refractivity contribution is 6.04. The lowest BCUT2D eigenvalue weighted by Crippen LogP contribution is -2.23. The summed E-state index contributed by atoms with van der Waals surface area (Å²) >= 11 is 0. The molecule has 0 bridgehead atoms. The van der Waals surface area contributed by atoms with Crippen LogP contribution < -0.4 is 10.9 Å². The Morgan fingerprint density at radius 2 is 1.74 bits per heavy atom. The Hall–Kier alpha value is -3.35. The average molecular weight is 372 g/mol. The van der Waals surface area contributed by atoms with Crippen molar-refractivity contribution in [2.24, 2.45) is 0 Å².